The molecule has 35 heavy (non-hydrogen) atoms. The molecule has 200 valence electrons. The molecule has 0 bridgehead atoms. The normalized spacial score (nSPS) is 20.6. The van der Waals surface area contributed by atoms with Crippen LogP contribution in [0.5, 0.6) is 0 Å². The topological polar surface area (TPSA) is 149 Å². The molecule has 0 saturated carbocycles. The van der Waals surface area contributed by atoms with Crippen molar-refractivity contribution < 1.29 is 24.3 Å². The summed E-state index contributed by atoms with van der Waals surface area (Å²) >= 11 is 1.90. The quantitative estimate of drug-likeness (QED) is 0.113. The lowest BCUT2D eigenvalue weighted by Gasteiger charge is -2.16. The van der Waals surface area contributed by atoms with E-state index < -0.39 is 0 Å². The van der Waals surface area contributed by atoms with Gasteiger partial charge in [0, 0.05) is 49.9 Å². The van der Waals surface area contributed by atoms with Gasteiger partial charge in [-0.05, 0) is 38.5 Å². The number of nitrogens with one attached hydrogen (secondary N) is 5. The number of amides is 5. The molecule has 3 atom stereocenters. The maximum Gasteiger partial charge on any atom is 0.315 e. The molecule has 2 fully saturated rings. The van der Waals surface area contributed by atoms with Gasteiger partial charge in [-0.15, -0.1) is 0 Å². The second-order valence-corrected chi connectivity index (χ2v) is 10.5. The van der Waals surface area contributed by atoms with Gasteiger partial charge in [-0.3, -0.25) is 14.4 Å². The van der Waals surface area contributed by atoms with Crippen molar-refractivity contribution >= 4 is 35.5 Å². The fraction of sp³-hybridized carbons (Fsp3) is 0.833. The summed E-state index contributed by atoms with van der Waals surface area (Å²) in [4.78, 5) is 46.7. The zero-order valence-corrected chi connectivity index (χ0v) is 21.6. The molecule has 2 rings (SSSR count). The van der Waals surface area contributed by atoms with Gasteiger partial charge >= 0.3 is 6.03 Å². The number of hydrogen-bond donors (Lipinski definition) is 6. The third-order valence-corrected chi connectivity index (χ3v) is 7.83. The average Bonchev–Trinajstić information content (AvgIpc) is 3.39. The Morgan fingerprint density at radius 1 is 0.771 bits per heavy atom. The largest absolute Gasteiger partial charge is 0.395 e. The summed E-state index contributed by atoms with van der Waals surface area (Å²) in [6.07, 6.45) is 9.41. The highest BCUT2D eigenvalue weighted by molar-refractivity contribution is 8.00. The van der Waals surface area contributed by atoms with Crippen molar-refractivity contribution in [2.45, 2.75) is 94.4 Å². The van der Waals surface area contributed by atoms with E-state index in [-0.39, 0.29) is 42.4 Å². The van der Waals surface area contributed by atoms with Crippen LogP contribution in [0.15, 0.2) is 0 Å². The summed E-state index contributed by atoms with van der Waals surface area (Å²) in [5.74, 6) is 1.05. The van der Waals surface area contributed by atoms with Crippen LogP contribution in [-0.2, 0) is 14.4 Å². The zero-order chi connectivity index (χ0) is 25.3. The molecule has 0 aromatic rings. The number of urea groups is 1. The van der Waals surface area contributed by atoms with Crippen LogP contribution in [0.25, 0.3) is 0 Å². The van der Waals surface area contributed by atoms with Crippen molar-refractivity contribution in [2.24, 2.45) is 0 Å². The van der Waals surface area contributed by atoms with Crippen LogP contribution in [0.4, 0.5) is 4.79 Å². The first-order valence-electron chi connectivity index (χ1n) is 13.1. The lowest BCUT2D eigenvalue weighted by molar-refractivity contribution is -0.122. The number of carbonyl (C=O) groups excluding carboxylic acids is 4. The van der Waals surface area contributed by atoms with E-state index in [1.807, 2.05) is 11.8 Å². The molecule has 0 aromatic carbocycles. The van der Waals surface area contributed by atoms with Crippen molar-refractivity contribution in [1.82, 2.24) is 26.6 Å². The summed E-state index contributed by atoms with van der Waals surface area (Å²) in [7, 11) is 0. The molecular formula is C24H43N5O5S. The number of thioether (sulfide) groups is 1. The van der Waals surface area contributed by atoms with Crippen molar-refractivity contribution in [1.29, 1.82) is 0 Å². The van der Waals surface area contributed by atoms with Gasteiger partial charge in [-0.1, -0.05) is 19.3 Å². The highest BCUT2D eigenvalue weighted by Crippen LogP contribution is 2.33. The highest BCUT2D eigenvalue weighted by Gasteiger charge is 2.42. The van der Waals surface area contributed by atoms with Crippen LogP contribution < -0.4 is 26.6 Å². The van der Waals surface area contributed by atoms with Crippen molar-refractivity contribution in [3.05, 3.63) is 0 Å². The summed E-state index contributed by atoms with van der Waals surface area (Å²) in [5, 5.41) is 23.5. The van der Waals surface area contributed by atoms with E-state index in [0.29, 0.717) is 44.1 Å². The van der Waals surface area contributed by atoms with E-state index in [4.69, 9.17) is 5.11 Å². The molecule has 10 nitrogen and oxygen atoms in total. The van der Waals surface area contributed by atoms with Gasteiger partial charge in [-0.2, -0.15) is 11.8 Å². The Labute approximate surface area is 212 Å². The third-order valence-electron chi connectivity index (χ3n) is 6.32. The molecule has 2 aliphatic heterocycles. The monoisotopic (exact) mass is 513 g/mol. The molecule has 5 amide bonds. The number of unbranched alkanes of at least 4 members (excludes halogenated alkanes) is 5. The van der Waals surface area contributed by atoms with Crippen LogP contribution in [-0.4, -0.2) is 78.2 Å². The molecule has 0 unspecified atom stereocenters. The zero-order valence-electron chi connectivity index (χ0n) is 20.7. The SMILES string of the molecule is O=C(CCCCCNC(=O)CCCCCNC(=O)CCCC[C@@H]1SC[C@@H]2NC(=O)N[C@@H]21)NCCO. The summed E-state index contributed by atoms with van der Waals surface area (Å²) < 4.78 is 0. The smallest absolute Gasteiger partial charge is 0.315 e. The first kappa shape index (κ1) is 29.2. The first-order chi connectivity index (χ1) is 17.0. The summed E-state index contributed by atoms with van der Waals surface area (Å²) in [5.41, 5.74) is 0. The fourth-order valence-corrected chi connectivity index (χ4v) is 5.91. The van der Waals surface area contributed by atoms with Crippen LogP contribution in [0, 0.1) is 0 Å². The molecular weight excluding hydrogens is 470 g/mol. The minimum Gasteiger partial charge on any atom is -0.395 e. The summed E-state index contributed by atoms with van der Waals surface area (Å²) in [6, 6.07) is 0.420. The molecule has 2 aliphatic rings. The number of aliphatic hydroxyl groups is 1. The fourth-order valence-electron chi connectivity index (χ4n) is 4.36. The first-order valence-corrected chi connectivity index (χ1v) is 14.1. The van der Waals surface area contributed by atoms with E-state index in [0.717, 1.165) is 63.5 Å². The van der Waals surface area contributed by atoms with Gasteiger partial charge < -0.3 is 31.7 Å². The van der Waals surface area contributed by atoms with Crippen molar-refractivity contribution in [3.63, 3.8) is 0 Å². The standard InChI is InChI=1S/C24H43N5O5S/c30-16-15-27-22(33)11-4-2-8-13-25-20(31)10-3-1-7-14-26-21(32)12-6-5-9-19-23-18(17-35-19)28-24(34)29-23/h18-19,23,30H,1-17H2,(H,25,31)(H,26,32)(H,27,33)(H2,28,29,34)/t18-,19-,23-/m0/s1. The molecule has 2 heterocycles. The number of carbonyl (C=O) groups is 4. The Kier molecular flexibility index (Phi) is 14.5. The van der Waals surface area contributed by atoms with Crippen LogP contribution >= 0.6 is 11.8 Å². The van der Waals surface area contributed by atoms with Gasteiger partial charge in [0.05, 0.1) is 18.7 Å². The Morgan fingerprint density at radius 3 is 1.89 bits per heavy atom. The van der Waals surface area contributed by atoms with Gasteiger partial charge in [-0.25, -0.2) is 4.79 Å². The molecule has 0 aliphatic carbocycles. The lowest BCUT2D eigenvalue weighted by atomic mass is 10.0. The minimum atomic E-state index is -0.0593. The molecule has 6 N–H and O–H groups in total. The van der Waals surface area contributed by atoms with Gasteiger partial charge in [0.15, 0.2) is 0 Å². The number of aliphatic hydroxyl groups excluding tert-OH is 1. The number of fused-ring (bicyclic) bond motifs is 1. The molecule has 0 aromatic heterocycles. The third kappa shape index (κ3) is 12.5. The molecule has 11 heteroatoms. The average molecular weight is 514 g/mol. The van der Waals surface area contributed by atoms with E-state index in [9.17, 15) is 19.2 Å². The molecule has 0 spiro atoms. The predicted octanol–water partition coefficient (Wildman–Crippen LogP) is 1.17. The van der Waals surface area contributed by atoms with Gasteiger partial charge in [0.1, 0.15) is 0 Å². The molecule has 2 saturated heterocycles. The predicted molar refractivity (Wildman–Crippen MR) is 137 cm³/mol. The second-order valence-electron chi connectivity index (χ2n) is 9.26. The second kappa shape index (κ2) is 17.4. The van der Waals surface area contributed by atoms with Crippen LogP contribution in [0.2, 0.25) is 0 Å². The minimum absolute atomic E-state index is 0.0459. The van der Waals surface area contributed by atoms with Crippen LogP contribution in [0.1, 0.15) is 77.0 Å². The van der Waals surface area contributed by atoms with E-state index >= 15 is 0 Å². The number of hydrogen-bond acceptors (Lipinski definition) is 6. The van der Waals surface area contributed by atoms with Crippen molar-refractivity contribution in [2.75, 3.05) is 32.0 Å². The van der Waals surface area contributed by atoms with Crippen LogP contribution in [0.3, 0.4) is 0 Å². The van der Waals surface area contributed by atoms with Gasteiger partial charge in [0.2, 0.25) is 17.7 Å². The Bertz CT molecular complexity index is 681. The molecule has 0 radical (unpaired) electrons. The Morgan fingerprint density at radius 2 is 1.31 bits per heavy atom. The van der Waals surface area contributed by atoms with E-state index in [2.05, 4.69) is 26.6 Å². The highest BCUT2D eigenvalue weighted by atomic mass is 32.2. The maximum atomic E-state index is 12.0. The lowest BCUT2D eigenvalue weighted by Crippen LogP contribution is -2.36. The Hall–Kier alpha value is -2.01. The number of rotatable bonds is 19. The van der Waals surface area contributed by atoms with E-state index in [1.165, 1.54) is 0 Å². The summed E-state index contributed by atoms with van der Waals surface area (Å²) in [6.45, 7) is 1.52. The van der Waals surface area contributed by atoms with Crippen molar-refractivity contribution in [3.8, 4) is 0 Å². The Balaban J connectivity index is 1.33. The van der Waals surface area contributed by atoms with Gasteiger partial charge in [0.25, 0.3) is 0 Å². The maximum absolute atomic E-state index is 12.0. The van der Waals surface area contributed by atoms with E-state index in [1.54, 1.807) is 0 Å².